The molecule has 0 aliphatic carbocycles. The number of nitrogens with two attached hydrogens (primary N) is 1. The third-order valence-electron chi connectivity index (χ3n) is 3.25. The van der Waals surface area contributed by atoms with Crippen LogP contribution in [-0.2, 0) is 6.54 Å². The van der Waals surface area contributed by atoms with Crippen LogP contribution in [0.3, 0.4) is 0 Å². The molecule has 5 heteroatoms. The van der Waals surface area contributed by atoms with E-state index in [4.69, 9.17) is 17.3 Å². The Morgan fingerprint density at radius 3 is 2.76 bits per heavy atom. The number of rotatable bonds is 3. The van der Waals surface area contributed by atoms with Gasteiger partial charge in [0.05, 0.1) is 6.54 Å². The van der Waals surface area contributed by atoms with Gasteiger partial charge in [-0.3, -0.25) is 0 Å². The molecule has 0 saturated carbocycles. The van der Waals surface area contributed by atoms with Crippen molar-refractivity contribution in [2.24, 2.45) is 0 Å². The minimum Gasteiger partial charge on any atom is -0.399 e. The summed E-state index contributed by atoms with van der Waals surface area (Å²) in [4.78, 5) is 4.32. The number of halogens is 2. The van der Waals surface area contributed by atoms with E-state index in [2.05, 4.69) is 4.98 Å². The normalized spacial score (nSPS) is 10.8. The first-order chi connectivity index (χ1) is 10.1. The Labute approximate surface area is 126 Å². The molecule has 0 fully saturated rings. The first kappa shape index (κ1) is 13.6. The van der Waals surface area contributed by atoms with Crippen LogP contribution in [0, 0.1) is 5.82 Å². The van der Waals surface area contributed by atoms with Crippen LogP contribution in [0.25, 0.3) is 11.4 Å². The summed E-state index contributed by atoms with van der Waals surface area (Å²) >= 11 is 6.08. The molecule has 21 heavy (non-hydrogen) atoms. The van der Waals surface area contributed by atoms with Gasteiger partial charge in [-0.25, -0.2) is 9.37 Å². The first-order valence-corrected chi connectivity index (χ1v) is 6.83. The number of aromatic nitrogens is 2. The highest BCUT2D eigenvalue weighted by Gasteiger charge is 2.11. The number of hydrogen-bond acceptors (Lipinski definition) is 2. The Morgan fingerprint density at radius 2 is 2.00 bits per heavy atom. The average Bonchev–Trinajstić information content (AvgIpc) is 2.91. The predicted octanol–water partition coefficient (Wildman–Crippen LogP) is 3.97. The molecule has 1 heterocycles. The number of nitrogen functional groups attached to an aromatic ring is 1. The summed E-state index contributed by atoms with van der Waals surface area (Å²) in [5, 5.41) is 0.405. The Kier molecular flexibility index (Phi) is 3.62. The van der Waals surface area contributed by atoms with Gasteiger partial charge in [0.25, 0.3) is 0 Å². The molecule has 0 aliphatic heterocycles. The highest BCUT2D eigenvalue weighted by molar-refractivity contribution is 6.31. The molecule has 2 aromatic carbocycles. The lowest BCUT2D eigenvalue weighted by Crippen LogP contribution is -2.04. The monoisotopic (exact) mass is 301 g/mol. The standard InChI is InChI=1S/C16H13ClFN3/c17-14-5-2-6-15(18)13(14)10-21-8-7-20-16(21)11-3-1-4-12(19)9-11/h1-9H,10,19H2. The van der Waals surface area contributed by atoms with Crippen LogP contribution in [0.5, 0.6) is 0 Å². The second kappa shape index (κ2) is 5.58. The summed E-state index contributed by atoms with van der Waals surface area (Å²) in [6, 6.07) is 12.1. The van der Waals surface area contributed by atoms with E-state index in [1.165, 1.54) is 6.07 Å². The van der Waals surface area contributed by atoms with Crippen LogP contribution >= 0.6 is 11.6 Å². The molecular formula is C16H13ClFN3. The Balaban J connectivity index is 2.00. The quantitative estimate of drug-likeness (QED) is 0.744. The van der Waals surface area contributed by atoms with Crippen molar-refractivity contribution < 1.29 is 4.39 Å². The molecule has 0 atom stereocenters. The maximum absolute atomic E-state index is 13.9. The van der Waals surface area contributed by atoms with Gasteiger partial charge in [-0.15, -0.1) is 0 Å². The topological polar surface area (TPSA) is 43.8 Å². The maximum atomic E-state index is 13.9. The smallest absolute Gasteiger partial charge is 0.140 e. The van der Waals surface area contributed by atoms with Crippen molar-refractivity contribution in [3.05, 3.63) is 71.3 Å². The second-order valence-electron chi connectivity index (χ2n) is 4.70. The molecule has 0 radical (unpaired) electrons. The molecule has 3 rings (SSSR count). The van der Waals surface area contributed by atoms with Gasteiger partial charge in [0.15, 0.2) is 0 Å². The van der Waals surface area contributed by atoms with Crippen LogP contribution in [0.2, 0.25) is 5.02 Å². The maximum Gasteiger partial charge on any atom is 0.140 e. The molecule has 0 amide bonds. The van der Waals surface area contributed by atoms with Crippen LogP contribution in [-0.4, -0.2) is 9.55 Å². The minimum atomic E-state index is -0.324. The van der Waals surface area contributed by atoms with Gasteiger partial charge in [-0.2, -0.15) is 0 Å². The highest BCUT2D eigenvalue weighted by atomic mass is 35.5. The second-order valence-corrected chi connectivity index (χ2v) is 5.11. The summed E-state index contributed by atoms with van der Waals surface area (Å²) in [6.07, 6.45) is 3.47. The van der Waals surface area contributed by atoms with E-state index in [-0.39, 0.29) is 5.82 Å². The Morgan fingerprint density at radius 1 is 1.19 bits per heavy atom. The SMILES string of the molecule is Nc1cccc(-c2nccn2Cc2c(F)cccc2Cl)c1. The number of anilines is 1. The number of imidazole rings is 1. The molecule has 3 aromatic rings. The van der Waals surface area contributed by atoms with Crippen molar-refractivity contribution in [2.45, 2.75) is 6.54 Å². The summed E-state index contributed by atoms with van der Waals surface area (Å²) < 4.78 is 15.7. The summed E-state index contributed by atoms with van der Waals surface area (Å²) in [6.45, 7) is 0.315. The number of nitrogens with zero attached hydrogens (tertiary/aromatic N) is 2. The van der Waals surface area contributed by atoms with Gasteiger partial charge in [-0.05, 0) is 24.3 Å². The van der Waals surface area contributed by atoms with Gasteiger partial charge in [0, 0.05) is 34.2 Å². The van der Waals surface area contributed by atoms with E-state index in [1.54, 1.807) is 24.5 Å². The summed E-state index contributed by atoms with van der Waals surface area (Å²) in [7, 11) is 0. The molecule has 106 valence electrons. The molecule has 1 aromatic heterocycles. The van der Waals surface area contributed by atoms with Crippen LogP contribution < -0.4 is 5.73 Å². The number of hydrogen-bond donors (Lipinski definition) is 1. The lowest BCUT2D eigenvalue weighted by atomic mass is 10.1. The average molecular weight is 302 g/mol. The van der Waals surface area contributed by atoms with E-state index in [0.717, 1.165) is 11.4 Å². The highest BCUT2D eigenvalue weighted by Crippen LogP contribution is 2.24. The predicted molar refractivity (Wildman–Crippen MR) is 82.6 cm³/mol. The zero-order valence-electron chi connectivity index (χ0n) is 11.1. The Bertz CT molecular complexity index is 762. The summed E-state index contributed by atoms with van der Waals surface area (Å²) in [5.41, 5.74) is 7.78. The van der Waals surface area contributed by atoms with E-state index in [0.29, 0.717) is 22.8 Å². The minimum absolute atomic E-state index is 0.315. The third kappa shape index (κ3) is 2.76. The molecule has 0 spiro atoms. The van der Waals surface area contributed by atoms with Crippen molar-refractivity contribution >= 4 is 17.3 Å². The van der Waals surface area contributed by atoms with Crippen molar-refractivity contribution in [1.29, 1.82) is 0 Å². The van der Waals surface area contributed by atoms with Crippen molar-refractivity contribution in [2.75, 3.05) is 5.73 Å². The van der Waals surface area contributed by atoms with E-state index < -0.39 is 0 Å². The first-order valence-electron chi connectivity index (χ1n) is 6.45. The third-order valence-corrected chi connectivity index (χ3v) is 3.60. The van der Waals surface area contributed by atoms with Crippen molar-refractivity contribution in [1.82, 2.24) is 9.55 Å². The zero-order chi connectivity index (χ0) is 14.8. The molecular weight excluding hydrogens is 289 g/mol. The van der Waals surface area contributed by atoms with Crippen molar-refractivity contribution in [3.8, 4) is 11.4 Å². The van der Waals surface area contributed by atoms with Gasteiger partial charge in [0.1, 0.15) is 11.6 Å². The lowest BCUT2D eigenvalue weighted by Gasteiger charge is -2.10. The van der Waals surface area contributed by atoms with Gasteiger partial charge < -0.3 is 10.3 Å². The van der Waals surface area contributed by atoms with Crippen molar-refractivity contribution in [3.63, 3.8) is 0 Å². The van der Waals surface area contributed by atoms with Gasteiger partial charge >= 0.3 is 0 Å². The number of benzene rings is 2. The Hall–Kier alpha value is -2.33. The molecule has 0 bridgehead atoms. The largest absolute Gasteiger partial charge is 0.399 e. The summed E-state index contributed by atoms with van der Waals surface area (Å²) in [5.74, 6) is 0.399. The molecule has 2 N–H and O–H groups in total. The van der Waals surface area contributed by atoms with Gasteiger partial charge in [-0.1, -0.05) is 29.8 Å². The molecule has 0 saturated heterocycles. The fourth-order valence-corrected chi connectivity index (χ4v) is 2.45. The lowest BCUT2D eigenvalue weighted by molar-refractivity contribution is 0.600. The zero-order valence-corrected chi connectivity index (χ0v) is 11.9. The van der Waals surface area contributed by atoms with Crippen LogP contribution in [0.15, 0.2) is 54.9 Å². The van der Waals surface area contributed by atoms with Crippen LogP contribution in [0.4, 0.5) is 10.1 Å². The molecule has 3 nitrogen and oxygen atoms in total. The van der Waals surface area contributed by atoms with Crippen LogP contribution in [0.1, 0.15) is 5.56 Å². The van der Waals surface area contributed by atoms with E-state index >= 15 is 0 Å². The fourth-order valence-electron chi connectivity index (χ4n) is 2.23. The molecule has 0 unspecified atom stereocenters. The molecule has 0 aliphatic rings. The van der Waals surface area contributed by atoms with E-state index in [1.807, 2.05) is 28.8 Å². The van der Waals surface area contributed by atoms with Gasteiger partial charge in [0.2, 0.25) is 0 Å². The van der Waals surface area contributed by atoms with E-state index in [9.17, 15) is 4.39 Å². The fraction of sp³-hybridized carbons (Fsp3) is 0.0625.